The highest BCUT2D eigenvalue weighted by Gasteiger charge is 2.05. The first-order valence-corrected chi connectivity index (χ1v) is 3.27. The Labute approximate surface area is 68.2 Å². The summed E-state index contributed by atoms with van der Waals surface area (Å²) >= 11 is 0. The first-order chi connectivity index (χ1) is 5.58. The third-order valence-electron chi connectivity index (χ3n) is 1.16. The van der Waals surface area contributed by atoms with Gasteiger partial charge < -0.3 is 10.5 Å². The number of aromatic nitrogens is 1. The summed E-state index contributed by atoms with van der Waals surface area (Å²) < 4.78 is 27.4. The average Bonchev–Trinajstić information content (AvgIpc) is 1.81. The summed E-state index contributed by atoms with van der Waals surface area (Å²) in [5.74, 6) is -0.150. The molecule has 0 unspecified atom stereocenters. The van der Waals surface area contributed by atoms with Gasteiger partial charge in [-0.25, -0.2) is 4.98 Å². The van der Waals surface area contributed by atoms with Gasteiger partial charge in [0, 0.05) is 17.4 Å². The number of nitrogens with zero attached hydrogens (tertiary/aromatic N) is 1. The second kappa shape index (κ2) is 3.34. The second-order valence-corrected chi connectivity index (χ2v) is 2.26. The standard InChI is InChI=1S/C7H8F2N2O/c1-4-2-5(10)3-6(11-4)12-7(8)9/h2-3,7H,1H3,(H2,10,11). The van der Waals surface area contributed by atoms with Gasteiger partial charge in [0.25, 0.3) is 0 Å². The van der Waals surface area contributed by atoms with Crippen LogP contribution in [-0.2, 0) is 0 Å². The Bertz CT molecular complexity index is 258. The summed E-state index contributed by atoms with van der Waals surface area (Å²) in [6, 6.07) is 2.82. The van der Waals surface area contributed by atoms with Gasteiger partial charge in [-0.3, -0.25) is 0 Å². The number of nitrogens with two attached hydrogens (primary N) is 1. The fourth-order valence-electron chi connectivity index (χ4n) is 0.815. The Morgan fingerprint density at radius 3 is 2.67 bits per heavy atom. The molecule has 0 aliphatic carbocycles. The minimum atomic E-state index is -2.86. The van der Waals surface area contributed by atoms with Gasteiger partial charge in [0.15, 0.2) is 0 Å². The molecular weight excluding hydrogens is 166 g/mol. The van der Waals surface area contributed by atoms with E-state index in [-0.39, 0.29) is 5.88 Å². The summed E-state index contributed by atoms with van der Waals surface area (Å²) in [6.45, 7) is -1.21. The van der Waals surface area contributed by atoms with Crippen LogP contribution in [0.1, 0.15) is 5.69 Å². The van der Waals surface area contributed by atoms with Crippen molar-refractivity contribution in [2.24, 2.45) is 0 Å². The van der Waals surface area contributed by atoms with Gasteiger partial charge >= 0.3 is 6.61 Å². The van der Waals surface area contributed by atoms with Crippen LogP contribution in [0.2, 0.25) is 0 Å². The predicted octanol–water partition coefficient (Wildman–Crippen LogP) is 1.57. The Hall–Kier alpha value is -1.39. The summed E-state index contributed by atoms with van der Waals surface area (Å²) in [4.78, 5) is 3.69. The Balaban J connectivity index is 2.85. The topological polar surface area (TPSA) is 48.1 Å². The lowest BCUT2D eigenvalue weighted by Gasteiger charge is -2.04. The highest BCUT2D eigenvalue weighted by atomic mass is 19.3. The van der Waals surface area contributed by atoms with Crippen molar-refractivity contribution in [1.29, 1.82) is 0 Å². The van der Waals surface area contributed by atoms with Crippen molar-refractivity contribution in [3.05, 3.63) is 17.8 Å². The smallest absolute Gasteiger partial charge is 0.388 e. The van der Waals surface area contributed by atoms with Crippen LogP contribution in [-0.4, -0.2) is 11.6 Å². The maximum atomic E-state index is 11.7. The number of anilines is 1. The molecule has 5 heteroatoms. The average molecular weight is 174 g/mol. The molecule has 0 atom stereocenters. The van der Waals surface area contributed by atoms with E-state index in [1.807, 2.05) is 0 Å². The second-order valence-electron chi connectivity index (χ2n) is 2.26. The van der Waals surface area contributed by atoms with Crippen LogP contribution in [0.4, 0.5) is 14.5 Å². The largest absolute Gasteiger partial charge is 0.417 e. The van der Waals surface area contributed by atoms with E-state index in [1.165, 1.54) is 6.07 Å². The number of aryl methyl sites for hydroxylation is 1. The van der Waals surface area contributed by atoms with Crippen LogP contribution in [0.3, 0.4) is 0 Å². The Kier molecular flexibility index (Phi) is 2.42. The van der Waals surface area contributed by atoms with Crippen molar-refractivity contribution < 1.29 is 13.5 Å². The van der Waals surface area contributed by atoms with E-state index in [4.69, 9.17) is 5.73 Å². The molecule has 0 saturated heterocycles. The molecule has 0 amide bonds. The number of hydrogen-bond donors (Lipinski definition) is 1. The number of alkyl halides is 2. The van der Waals surface area contributed by atoms with Crippen molar-refractivity contribution in [1.82, 2.24) is 4.98 Å². The summed E-state index contributed by atoms with van der Waals surface area (Å²) in [5.41, 5.74) is 6.28. The normalized spacial score (nSPS) is 10.3. The molecule has 3 nitrogen and oxygen atoms in total. The van der Waals surface area contributed by atoms with Crippen molar-refractivity contribution in [2.75, 3.05) is 5.73 Å². The molecule has 0 bridgehead atoms. The Morgan fingerprint density at radius 2 is 2.17 bits per heavy atom. The lowest BCUT2D eigenvalue weighted by molar-refractivity contribution is -0.0528. The predicted molar refractivity (Wildman–Crippen MR) is 40.0 cm³/mol. The quantitative estimate of drug-likeness (QED) is 0.740. The Morgan fingerprint density at radius 1 is 1.50 bits per heavy atom. The zero-order valence-electron chi connectivity index (χ0n) is 6.42. The molecule has 0 radical (unpaired) electrons. The van der Waals surface area contributed by atoms with E-state index >= 15 is 0 Å². The lowest BCUT2D eigenvalue weighted by Crippen LogP contribution is -2.04. The molecule has 0 aromatic carbocycles. The molecule has 1 aromatic rings. The zero-order valence-corrected chi connectivity index (χ0v) is 6.42. The SMILES string of the molecule is Cc1cc(N)cc(OC(F)F)n1. The molecule has 2 N–H and O–H groups in total. The van der Waals surface area contributed by atoms with Crippen LogP contribution in [0.15, 0.2) is 12.1 Å². The number of nitrogen functional groups attached to an aromatic ring is 1. The monoisotopic (exact) mass is 174 g/mol. The van der Waals surface area contributed by atoms with Gasteiger partial charge in [0.1, 0.15) is 0 Å². The minimum Gasteiger partial charge on any atom is -0.417 e. The van der Waals surface area contributed by atoms with E-state index in [0.29, 0.717) is 11.4 Å². The van der Waals surface area contributed by atoms with Crippen LogP contribution in [0, 0.1) is 6.92 Å². The fourth-order valence-corrected chi connectivity index (χ4v) is 0.815. The van der Waals surface area contributed by atoms with Gasteiger partial charge in [-0.2, -0.15) is 8.78 Å². The van der Waals surface area contributed by atoms with Gasteiger partial charge in [-0.1, -0.05) is 0 Å². The number of ether oxygens (including phenoxy) is 1. The van der Waals surface area contributed by atoms with E-state index in [2.05, 4.69) is 9.72 Å². The van der Waals surface area contributed by atoms with Crippen LogP contribution in [0.5, 0.6) is 5.88 Å². The van der Waals surface area contributed by atoms with Gasteiger partial charge in [-0.05, 0) is 13.0 Å². The minimum absolute atomic E-state index is 0.150. The number of halogens is 2. The first-order valence-electron chi connectivity index (χ1n) is 3.27. The number of hydrogen-bond acceptors (Lipinski definition) is 3. The molecule has 66 valence electrons. The third-order valence-corrected chi connectivity index (χ3v) is 1.16. The lowest BCUT2D eigenvalue weighted by atomic mass is 10.3. The fraction of sp³-hybridized carbons (Fsp3) is 0.286. The molecule has 1 heterocycles. The molecule has 0 aliphatic heterocycles. The summed E-state index contributed by atoms with van der Waals surface area (Å²) in [5, 5.41) is 0. The number of pyridine rings is 1. The molecule has 0 saturated carbocycles. The van der Waals surface area contributed by atoms with Crippen molar-refractivity contribution >= 4 is 5.69 Å². The summed E-state index contributed by atoms with van der Waals surface area (Å²) in [7, 11) is 0. The molecule has 1 rings (SSSR count). The first kappa shape index (κ1) is 8.70. The van der Waals surface area contributed by atoms with Crippen LogP contribution < -0.4 is 10.5 Å². The molecule has 1 aromatic heterocycles. The van der Waals surface area contributed by atoms with Crippen LogP contribution in [0.25, 0.3) is 0 Å². The van der Waals surface area contributed by atoms with Gasteiger partial charge in [-0.15, -0.1) is 0 Å². The van der Waals surface area contributed by atoms with Crippen LogP contribution >= 0.6 is 0 Å². The maximum absolute atomic E-state index is 11.7. The van der Waals surface area contributed by atoms with E-state index in [1.54, 1.807) is 13.0 Å². The number of rotatable bonds is 2. The molecular formula is C7H8F2N2O. The van der Waals surface area contributed by atoms with Gasteiger partial charge in [0.05, 0.1) is 0 Å². The molecule has 0 spiro atoms. The van der Waals surface area contributed by atoms with Crippen molar-refractivity contribution in [2.45, 2.75) is 13.5 Å². The van der Waals surface area contributed by atoms with E-state index in [0.717, 1.165) is 0 Å². The molecule has 0 aliphatic rings. The van der Waals surface area contributed by atoms with Crippen molar-refractivity contribution in [3.8, 4) is 5.88 Å². The van der Waals surface area contributed by atoms with E-state index in [9.17, 15) is 8.78 Å². The van der Waals surface area contributed by atoms with Crippen molar-refractivity contribution in [3.63, 3.8) is 0 Å². The highest BCUT2D eigenvalue weighted by molar-refractivity contribution is 5.42. The summed E-state index contributed by atoms with van der Waals surface area (Å²) in [6.07, 6.45) is 0. The maximum Gasteiger partial charge on any atom is 0.388 e. The van der Waals surface area contributed by atoms with Gasteiger partial charge in [0.2, 0.25) is 5.88 Å². The third kappa shape index (κ3) is 2.34. The molecule has 0 fully saturated rings. The highest BCUT2D eigenvalue weighted by Crippen LogP contribution is 2.15. The van der Waals surface area contributed by atoms with E-state index < -0.39 is 6.61 Å². The molecule has 12 heavy (non-hydrogen) atoms. The zero-order chi connectivity index (χ0) is 9.14.